The molecule has 0 fully saturated rings. The van der Waals surface area contributed by atoms with Gasteiger partial charge in [0, 0.05) is 17.0 Å². The van der Waals surface area contributed by atoms with Gasteiger partial charge in [-0.05, 0) is 14.0 Å². The molecule has 0 aliphatic heterocycles. The van der Waals surface area contributed by atoms with Gasteiger partial charge in [0.25, 0.3) is 0 Å². The molecule has 2 aromatic rings. The van der Waals surface area contributed by atoms with Crippen molar-refractivity contribution < 1.29 is 4.79 Å². The lowest BCUT2D eigenvalue weighted by Crippen LogP contribution is -2.25. The van der Waals surface area contributed by atoms with E-state index in [4.69, 9.17) is 0 Å². The Morgan fingerprint density at radius 2 is 2.06 bits per heavy atom. The van der Waals surface area contributed by atoms with Crippen LogP contribution in [0.15, 0.2) is 35.8 Å². The number of likely N-dealkylation sites (N-methyl/N-ethyl adjacent to an activating group) is 1. The van der Waals surface area contributed by atoms with Gasteiger partial charge in [0.05, 0.1) is 17.7 Å². The molecule has 0 unspecified atom stereocenters. The fourth-order valence-electron chi connectivity index (χ4n) is 1.74. The number of aryl methyl sites for hydroxylation is 1. The molecular formula is C14H16N2OS. The highest BCUT2D eigenvalue weighted by molar-refractivity contribution is 7.09. The smallest absolute Gasteiger partial charge is 0.176 e. The quantitative estimate of drug-likeness (QED) is 0.775. The normalized spacial score (nSPS) is 10.8. The van der Waals surface area contributed by atoms with E-state index < -0.39 is 0 Å². The Bertz CT molecular complexity index is 522. The molecular weight excluding hydrogens is 244 g/mol. The first-order valence-corrected chi connectivity index (χ1v) is 6.70. The third kappa shape index (κ3) is 3.24. The lowest BCUT2D eigenvalue weighted by molar-refractivity contribution is 0.0943. The zero-order valence-electron chi connectivity index (χ0n) is 10.6. The van der Waals surface area contributed by atoms with Crippen LogP contribution in [0, 0.1) is 6.92 Å². The van der Waals surface area contributed by atoms with E-state index in [0.717, 1.165) is 17.8 Å². The third-order valence-corrected chi connectivity index (χ3v) is 3.69. The van der Waals surface area contributed by atoms with E-state index in [9.17, 15) is 4.79 Å². The number of aromatic nitrogens is 1. The molecule has 0 amide bonds. The molecule has 0 saturated heterocycles. The van der Waals surface area contributed by atoms with Gasteiger partial charge < -0.3 is 0 Å². The summed E-state index contributed by atoms with van der Waals surface area (Å²) in [6, 6.07) is 9.41. The van der Waals surface area contributed by atoms with Crippen LogP contribution in [0.3, 0.4) is 0 Å². The summed E-state index contributed by atoms with van der Waals surface area (Å²) < 4.78 is 0. The Labute approximate surface area is 111 Å². The molecule has 0 saturated carbocycles. The topological polar surface area (TPSA) is 33.2 Å². The SMILES string of the molecule is Cc1ncsc1CN(C)CC(=O)c1ccccc1. The zero-order chi connectivity index (χ0) is 13.0. The van der Waals surface area contributed by atoms with Crippen molar-refractivity contribution >= 4 is 17.1 Å². The summed E-state index contributed by atoms with van der Waals surface area (Å²) in [6.45, 7) is 3.20. The first-order valence-electron chi connectivity index (χ1n) is 5.82. The minimum atomic E-state index is 0.153. The third-order valence-electron chi connectivity index (χ3n) is 2.77. The summed E-state index contributed by atoms with van der Waals surface area (Å²) in [7, 11) is 1.96. The molecule has 1 heterocycles. The molecule has 0 radical (unpaired) electrons. The minimum absolute atomic E-state index is 0.153. The average molecular weight is 260 g/mol. The van der Waals surface area contributed by atoms with Gasteiger partial charge in [-0.2, -0.15) is 0 Å². The van der Waals surface area contributed by atoms with Gasteiger partial charge >= 0.3 is 0 Å². The highest BCUT2D eigenvalue weighted by atomic mass is 32.1. The molecule has 0 spiro atoms. The van der Waals surface area contributed by atoms with E-state index in [1.165, 1.54) is 4.88 Å². The van der Waals surface area contributed by atoms with E-state index >= 15 is 0 Å². The molecule has 2 rings (SSSR count). The number of carbonyl (C=O) groups excluding carboxylic acids is 1. The maximum atomic E-state index is 12.0. The second-order valence-electron chi connectivity index (χ2n) is 4.32. The number of nitrogens with zero attached hydrogens (tertiary/aromatic N) is 2. The van der Waals surface area contributed by atoms with Crippen molar-refractivity contribution in [1.82, 2.24) is 9.88 Å². The van der Waals surface area contributed by atoms with Crippen LogP contribution in [0.5, 0.6) is 0 Å². The first-order chi connectivity index (χ1) is 8.66. The number of hydrogen-bond acceptors (Lipinski definition) is 4. The van der Waals surface area contributed by atoms with E-state index in [0.29, 0.717) is 6.54 Å². The predicted octanol–water partition coefficient (Wildman–Crippen LogP) is 2.77. The molecule has 1 aromatic carbocycles. The van der Waals surface area contributed by atoms with Crippen molar-refractivity contribution in [3.05, 3.63) is 52.0 Å². The Morgan fingerprint density at radius 3 is 2.67 bits per heavy atom. The summed E-state index contributed by atoms with van der Waals surface area (Å²) in [4.78, 5) is 19.5. The maximum absolute atomic E-state index is 12.0. The van der Waals surface area contributed by atoms with Gasteiger partial charge in [0.1, 0.15) is 0 Å². The molecule has 1 aromatic heterocycles. The van der Waals surface area contributed by atoms with E-state index in [-0.39, 0.29) is 5.78 Å². The number of hydrogen-bond donors (Lipinski definition) is 0. The molecule has 0 aliphatic carbocycles. The Hall–Kier alpha value is -1.52. The Balaban J connectivity index is 1.94. The molecule has 0 atom stereocenters. The fourth-order valence-corrected chi connectivity index (χ4v) is 2.60. The molecule has 4 heteroatoms. The molecule has 94 valence electrons. The Kier molecular flexibility index (Phi) is 4.23. The van der Waals surface area contributed by atoms with Crippen LogP contribution >= 0.6 is 11.3 Å². The highest BCUT2D eigenvalue weighted by Gasteiger charge is 2.11. The van der Waals surface area contributed by atoms with Crippen molar-refractivity contribution in [2.24, 2.45) is 0 Å². The van der Waals surface area contributed by atoms with Gasteiger partial charge in [0.2, 0.25) is 0 Å². The fraction of sp³-hybridized carbons (Fsp3) is 0.286. The second-order valence-corrected chi connectivity index (χ2v) is 5.26. The monoisotopic (exact) mass is 260 g/mol. The second kappa shape index (κ2) is 5.89. The lowest BCUT2D eigenvalue weighted by atomic mass is 10.1. The van der Waals surface area contributed by atoms with Gasteiger partial charge in [-0.15, -0.1) is 11.3 Å². The Morgan fingerprint density at radius 1 is 1.33 bits per heavy atom. The van der Waals surface area contributed by atoms with Crippen LogP contribution in [-0.2, 0) is 6.54 Å². The maximum Gasteiger partial charge on any atom is 0.176 e. The number of rotatable bonds is 5. The van der Waals surface area contributed by atoms with Crippen molar-refractivity contribution in [3.8, 4) is 0 Å². The predicted molar refractivity (Wildman–Crippen MR) is 74.0 cm³/mol. The van der Waals surface area contributed by atoms with Crippen molar-refractivity contribution in [2.45, 2.75) is 13.5 Å². The van der Waals surface area contributed by atoms with Crippen molar-refractivity contribution in [2.75, 3.05) is 13.6 Å². The lowest BCUT2D eigenvalue weighted by Gasteiger charge is -2.14. The van der Waals surface area contributed by atoms with Crippen molar-refractivity contribution in [1.29, 1.82) is 0 Å². The highest BCUT2D eigenvalue weighted by Crippen LogP contribution is 2.14. The average Bonchev–Trinajstić information content (AvgIpc) is 2.76. The first kappa shape index (κ1) is 12.9. The van der Waals surface area contributed by atoms with Gasteiger partial charge in [-0.3, -0.25) is 9.69 Å². The zero-order valence-corrected chi connectivity index (χ0v) is 11.4. The molecule has 0 bridgehead atoms. The van der Waals surface area contributed by atoms with E-state index in [1.807, 2.05) is 54.7 Å². The van der Waals surface area contributed by atoms with Gasteiger partial charge in [0.15, 0.2) is 5.78 Å². The van der Waals surface area contributed by atoms with Crippen LogP contribution in [0.4, 0.5) is 0 Å². The molecule has 3 nitrogen and oxygen atoms in total. The van der Waals surface area contributed by atoms with Crippen LogP contribution in [0.2, 0.25) is 0 Å². The number of carbonyl (C=O) groups is 1. The number of thiazole rings is 1. The molecule has 18 heavy (non-hydrogen) atoms. The van der Waals surface area contributed by atoms with E-state index in [1.54, 1.807) is 11.3 Å². The molecule has 0 N–H and O–H groups in total. The number of benzene rings is 1. The number of Topliss-reactive ketones (excluding diaryl/α,β-unsaturated/α-hetero) is 1. The number of ketones is 1. The van der Waals surface area contributed by atoms with Crippen LogP contribution < -0.4 is 0 Å². The van der Waals surface area contributed by atoms with E-state index in [2.05, 4.69) is 4.98 Å². The summed E-state index contributed by atoms with van der Waals surface area (Å²) >= 11 is 1.64. The summed E-state index contributed by atoms with van der Waals surface area (Å²) in [5, 5.41) is 0. The van der Waals surface area contributed by atoms with Crippen LogP contribution in [0.1, 0.15) is 20.9 Å². The summed E-state index contributed by atoms with van der Waals surface area (Å²) in [5.74, 6) is 0.153. The molecule has 0 aliphatic rings. The van der Waals surface area contributed by atoms with Gasteiger partial charge in [-0.1, -0.05) is 30.3 Å². The minimum Gasteiger partial charge on any atom is -0.294 e. The summed E-state index contributed by atoms with van der Waals surface area (Å²) in [6.07, 6.45) is 0. The van der Waals surface area contributed by atoms with Crippen molar-refractivity contribution in [3.63, 3.8) is 0 Å². The summed E-state index contributed by atoms with van der Waals surface area (Å²) in [5.41, 5.74) is 3.67. The largest absolute Gasteiger partial charge is 0.294 e. The van der Waals surface area contributed by atoms with Crippen LogP contribution in [-0.4, -0.2) is 29.3 Å². The van der Waals surface area contributed by atoms with Gasteiger partial charge in [-0.25, -0.2) is 4.98 Å². The standard InChI is InChI=1S/C14H16N2OS/c1-11-14(18-10-15-11)9-16(2)8-13(17)12-6-4-3-5-7-12/h3-7,10H,8-9H2,1-2H3. The van der Waals surface area contributed by atoms with Crippen LogP contribution in [0.25, 0.3) is 0 Å².